The molecule has 0 spiro atoms. The van der Waals surface area contributed by atoms with Gasteiger partial charge in [0.25, 0.3) is 10.0 Å². The molecular formula is C22H21BrF2N2O5S2. The summed E-state index contributed by atoms with van der Waals surface area (Å²) in [5.74, 6) is -2.34. The standard InChI is InChI=1S/C22H21BrF2N2O5S2/c1-13(2)11-32-22(28)20-21(33-12-26-20)27(10-14-4-6-15(31-3)7-5-14)34(29,30)16-8-17(24)19(23)18(25)9-16/h4-9,12-13H,10-11H2,1-3H3. The highest BCUT2D eigenvalue weighted by Gasteiger charge is 2.32. The van der Waals surface area contributed by atoms with Crippen molar-refractivity contribution in [3.05, 3.63) is 69.3 Å². The van der Waals surface area contributed by atoms with E-state index in [2.05, 4.69) is 20.9 Å². The number of hydrogen-bond donors (Lipinski definition) is 0. The quantitative estimate of drug-likeness (QED) is 0.251. The molecule has 3 rings (SSSR count). The Balaban J connectivity index is 2.10. The van der Waals surface area contributed by atoms with Crippen LogP contribution in [0.3, 0.4) is 0 Å². The van der Waals surface area contributed by atoms with E-state index < -0.39 is 37.0 Å². The molecular weight excluding hydrogens is 554 g/mol. The van der Waals surface area contributed by atoms with Gasteiger partial charge in [-0.15, -0.1) is 11.3 Å². The number of methoxy groups -OCH3 is 1. The molecule has 0 saturated heterocycles. The summed E-state index contributed by atoms with van der Waals surface area (Å²) in [5, 5.41) is -0.0340. The van der Waals surface area contributed by atoms with Gasteiger partial charge in [0, 0.05) is 0 Å². The third kappa shape index (κ3) is 5.73. The van der Waals surface area contributed by atoms with E-state index in [-0.39, 0.29) is 29.8 Å². The van der Waals surface area contributed by atoms with Gasteiger partial charge in [-0.1, -0.05) is 26.0 Å². The summed E-state index contributed by atoms with van der Waals surface area (Å²) >= 11 is 3.64. The second-order valence-corrected chi connectivity index (χ2v) is 11.0. The van der Waals surface area contributed by atoms with E-state index in [1.54, 1.807) is 24.3 Å². The van der Waals surface area contributed by atoms with Crippen molar-refractivity contribution in [1.82, 2.24) is 4.98 Å². The number of sulfonamides is 1. The number of halogens is 3. The molecule has 1 aromatic heterocycles. The number of hydrogen-bond acceptors (Lipinski definition) is 7. The van der Waals surface area contributed by atoms with Gasteiger partial charge in [-0.05, 0) is 51.7 Å². The van der Waals surface area contributed by atoms with E-state index in [4.69, 9.17) is 9.47 Å². The van der Waals surface area contributed by atoms with Crippen LogP contribution in [0, 0.1) is 17.6 Å². The molecule has 12 heteroatoms. The highest BCUT2D eigenvalue weighted by atomic mass is 79.9. The van der Waals surface area contributed by atoms with Crippen molar-refractivity contribution in [1.29, 1.82) is 0 Å². The molecule has 0 fully saturated rings. The predicted molar refractivity (Wildman–Crippen MR) is 128 cm³/mol. The van der Waals surface area contributed by atoms with Crippen molar-refractivity contribution in [3.8, 4) is 5.75 Å². The lowest BCUT2D eigenvalue weighted by Gasteiger charge is -2.24. The van der Waals surface area contributed by atoms with Crippen LogP contribution in [0.2, 0.25) is 0 Å². The Kier molecular flexibility index (Phi) is 8.26. The molecule has 2 aromatic carbocycles. The lowest BCUT2D eigenvalue weighted by atomic mass is 10.2. The topological polar surface area (TPSA) is 85.8 Å². The van der Waals surface area contributed by atoms with Gasteiger partial charge in [-0.25, -0.2) is 27.0 Å². The summed E-state index contributed by atoms with van der Waals surface area (Å²) in [7, 11) is -3.03. The maximum atomic E-state index is 14.2. The average molecular weight is 575 g/mol. The molecule has 0 saturated carbocycles. The minimum absolute atomic E-state index is 0.0340. The lowest BCUT2D eigenvalue weighted by molar-refractivity contribution is 0.0454. The third-order valence-corrected chi connectivity index (χ3v) is 7.99. The van der Waals surface area contributed by atoms with Crippen molar-refractivity contribution in [2.75, 3.05) is 18.0 Å². The summed E-state index contributed by atoms with van der Waals surface area (Å²) < 4.78 is 66.4. The second-order valence-electron chi connectivity index (χ2n) is 7.56. The van der Waals surface area contributed by atoms with E-state index in [1.165, 1.54) is 12.6 Å². The fourth-order valence-corrected chi connectivity index (χ4v) is 5.56. The Labute approximate surface area is 208 Å². The molecule has 0 atom stereocenters. The van der Waals surface area contributed by atoms with Crippen molar-refractivity contribution >= 4 is 48.3 Å². The van der Waals surface area contributed by atoms with Gasteiger partial charge in [0.05, 0.1) is 35.1 Å². The number of rotatable bonds is 9. The molecule has 0 aliphatic rings. The average Bonchev–Trinajstić information content (AvgIpc) is 3.28. The number of carbonyl (C=O) groups is 1. The van der Waals surface area contributed by atoms with Gasteiger partial charge >= 0.3 is 5.97 Å². The maximum Gasteiger partial charge on any atom is 0.360 e. The van der Waals surface area contributed by atoms with Crippen LogP contribution in [0.1, 0.15) is 29.9 Å². The molecule has 0 aliphatic carbocycles. The first-order chi connectivity index (χ1) is 16.0. The number of aromatic nitrogens is 1. The maximum absolute atomic E-state index is 14.2. The summed E-state index contributed by atoms with van der Waals surface area (Å²) in [6, 6.07) is 7.99. The Morgan fingerprint density at radius 1 is 1.18 bits per heavy atom. The van der Waals surface area contributed by atoms with E-state index in [0.717, 1.165) is 15.6 Å². The van der Waals surface area contributed by atoms with Gasteiger partial charge < -0.3 is 9.47 Å². The molecule has 0 amide bonds. The molecule has 34 heavy (non-hydrogen) atoms. The first-order valence-corrected chi connectivity index (χ1v) is 13.1. The van der Waals surface area contributed by atoms with Gasteiger partial charge in [0.1, 0.15) is 22.4 Å². The monoisotopic (exact) mass is 574 g/mol. The third-order valence-electron chi connectivity index (χ3n) is 4.55. The zero-order valence-corrected chi connectivity index (χ0v) is 21.6. The number of nitrogens with zero attached hydrogens (tertiary/aromatic N) is 2. The fourth-order valence-electron chi connectivity index (χ4n) is 2.84. The Morgan fingerprint density at radius 3 is 2.35 bits per heavy atom. The van der Waals surface area contributed by atoms with Crippen LogP contribution >= 0.6 is 27.3 Å². The van der Waals surface area contributed by atoms with Gasteiger partial charge in [-0.2, -0.15) is 0 Å². The van der Waals surface area contributed by atoms with Gasteiger partial charge in [0.2, 0.25) is 0 Å². The van der Waals surface area contributed by atoms with Crippen LogP contribution in [0.5, 0.6) is 5.75 Å². The Bertz CT molecular complexity index is 1260. The number of ether oxygens (including phenoxy) is 2. The number of benzene rings is 2. The number of carbonyl (C=O) groups excluding carboxylic acids is 1. The predicted octanol–water partition coefficient (Wildman–Crippen LogP) is 5.40. The molecule has 182 valence electrons. The van der Waals surface area contributed by atoms with E-state index in [0.29, 0.717) is 23.4 Å². The van der Waals surface area contributed by atoms with Gasteiger partial charge in [-0.3, -0.25) is 4.31 Å². The molecule has 0 aliphatic heterocycles. The Hall–Kier alpha value is -2.57. The number of esters is 1. The van der Waals surface area contributed by atoms with Crippen LogP contribution in [-0.4, -0.2) is 33.1 Å². The minimum atomic E-state index is -4.52. The summed E-state index contributed by atoms with van der Waals surface area (Å²) in [6.45, 7) is 3.58. The largest absolute Gasteiger partial charge is 0.497 e. The van der Waals surface area contributed by atoms with E-state index in [1.807, 2.05) is 13.8 Å². The van der Waals surface area contributed by atoms with Crippen molar-refractivity contribution < 1.29 is 31.5 Å². The molecule has 7 nitrogen and oxygen atoms in total. The lowest BCUT2D eigenvalue weighted by Crippen LogP contribution is -2.31. The minimum Gasteiger partial charge on any atom is -0.497 e. The van der Waals surface area contributed by atoms with Crippen LogP contribution in [0.25, 0.3) is 0 Å². The first-order valence-electron chi connectivity index (χ1n) is 9.95. The Morgan fingerprint density at radius 2 is 1.79 bits per heavy atom. The number of anilines is 1. The molecule has 0 radical (unpaired) electrons. The van der Waals surface area contributed by atoms with Gasteiger partial charge in [0.15, 0.2) is 5.69 Å². The highest BCUT2D eigenvalue weighted by molar-refractivity contribution is 9.10. The number of thiazole rings is 1. The van der Waals surface area contributed by atoms with Crippen LogP contribution in [0.4, 0.5) is 13.8 Å². The normalized spacial score (nSPS) is 11.5. The molecule has 0 unspecified atom stereocenters. The van der Waals surface area contributed by atoms with Crippen LogP contribution < -0.4 is 9.04 Å². The first kappa shape index (κ1) is 26.0. The van der Waals surface area contributed by atoms with E-state index in [9.17, 15) is 22.0 Å². The fraction of sp³-hybridized carbons (Fsp3) is 0.273. The SMILES string of the molecule is COc1ccc(CN(c2scnc2C(=O)OCC(C)C)S(=O)(=O)c2cc(F)c(Br)c(F)c2)cc1. The summed E-state index contributed by atoms with van der Waals surface area (Å²) in [6.07, 6.45) is 0. The van der Waals surface area contributed by atoms with Crippen LogP contribution in [0.15, 0.2) is 51.3 Å². The zero-order chi connectivity index (χ0) is 25.0. The van der Waals surface area contributed by atoms with Crippen molar-refractivity contribution in [2.24, 2.45) is 5.92 Å². The summed E-state index contributed by atoms with van der Waals surface area (Å²) in [5.41, 5.74) is 1.64. The van der Waals surface area contributed by atoms with Crippen molar-refractivity contribution in [2.45, 2.75) is 25.3 Å². The van der Waals surface area contributed by atoms with E-state index >= 15 is 0 Å². The van der Waals surface area contributed by atoms with Crippen LogP contribution in [-0.2, 0) is 21.3 Å². The highest BCUT2D eigenvalue weighted by Crippen LogP contribution is 2.34. The zero-order valence-electron chi connectivity index (χ0n) is 18.4. The molecule has 0 N–H and O–H groups in total. The second kappa shape index (κ2) is 10.8. The van der Waals surface area contributed by atoms with Crippen molar-refractivity contribution in [3.63, 3.8) is 0 Å². The molecule has 0 bridgehead atoms. The molecule has 1 heterocycles. The molecule has 3 aromatic rings. The summed E-state index contributed by atoms with van der Waals surface area (Å²) in [4.78, 5) is 16.0. The smallest absolute Gasteiger partial charge is 0.360 e.